The Balaban J connectivity index is 1.59. The third-order valence-corrected chi connectivity index (χ3v) is 8.69. The molecule has 0 N–H and O–H groups in total. The highest BCUT2D eigenvalue weighted by Crippen LogP contribution is 2.17. The Morgan fingerprint density at radius 1 is 0.583 bits per heavy atom. The van der Waals surface area contributed by atoms with Gasteiger partial charge in [0.05, 0.1) is 10.6 Å². The van der Waals surface area contributed by atoms with E-state index in [0.717, 1.165) is 43.4 Å². The fourth-order valence-corrected chi connectivity index (χ4v) is 5.94. The van der Waals surface area contributed by atoms with E-state index in [1.165, 1.54) is 70.6 Å². The van der Waals surface area contributed by atoms with Crippen LogP contribution in [0, 0.1) is 0 Å². The molecule has 0 spiro atoms. The number of rotatable bonds is 20. The Morgan fingerprint density at radius 3 is 1.50 bits per heavy atom. The summed E-state index contributed by atoms with van der Waals surface area (Å²) in [5.74, 6) is 0.252. The summed E-state index contributed by atoms with van der Waals surface area (Å²) < 4.78 is 27.6. The summed E-state index contributed by atoms with van der Waals surface area (Å²) in [5, 5.41) is 0. The van der Waals surface area contributed by atoms with Crippen molar-refractivity contribution in [2.45, 2.75) is 122 Å². The first-order chi connectivity index (χ1) is 17.5. The summed E-state index contributed by atoms with van der Waals surface area (Å²) in [4.78, 5) is 0.440. The van der Waals surface area contributed by atoms with E-state index in [0.29, 0.717) is 4.90 Å². The predicted octanol–water partition coefficient (Wildman–Crippen LogP) is 8.81. The molecule has 0 unspecified atom stereocenters. The van der Waals surface area contributed by atoms with Crippen molar-refractivity contribution in [2.24, 2.45) is 0 Å². The lowest BCUT2D eigenvalue weighted by Gasteiger charge is -2.06. The van der Waals surface area contributed by atoms with Gasteiger partial charge in [-0.25, -0.2) is 13.0 Å². The molecule has 1 aromatic carbocycles. The fourth-order valence-electron chi connectivity index (χ4n) is 4.57. The summed E-state index contributed by atoms with van der Waals surface area (Å²) >= 11 is 0. The van der Waals surface area contributed by atoms with Gasteiger partial charge in [0, 0.05) is 18.6 Å². The molecule has 0 aliphatic heterocycles. The van der Waals surface area contributed by atoms with Gasteiger partial charge >= 0.3 is 0 Å². The largest absolute Gasteiger partial charge is 0.224 e. The Kier molecular flexibility index (Phi) is 15.4. The van der Waals surface area contributed by atoms with E-state index in [2.05, 4.69) is 49.0 Å². The fraction of sp³-hybridized carbons (Fsp3) is 0.594. The van der Waals surface area contributed by atoms with E-state index < -0.39 is 9.84 Å². The second-order valence-electron chi connectivity index (χ2n) is 10.2. The average Bonchev–Trinajstić information content (AvgIpc) is 2.89. The van der Waals surface area contributed by atoms with Crippen molar-refractivity contribution < 1.29 is 13.0 Å². The molecule has 2 rings (SSSR count). The summed E-state index contributed by atoms with van der Waals surface area (Å²) in [5.41, 5.74) is 2.15. The van der Waals surface area contributed by atoms with Gasteiger partial charge in [-0.3, -0.25) is 0 Å². The van der Waals surface area contributed by atoms with Crippen molar-refractivity contribution in [3.63, 3.8) is 0 Å². The molecule has 2 aromatic rings. The van der Waals surface area contributed by atoms with Gasteiger partial charge in [0.1, 0.15) is 6.54 Å². The van der Waals surface area contributed by atoms with Crippen LogP contribution < -0.4 is 4.57 Å². The van der Waals surface area contributed by atoms with Crippen molar-refractivity contribution in [1.29, 1.82) is 0 Å². The van der Waals surface area contributed by atoms with E-state index in [1.807, 2.05) is 18.2 Å². The number of aromatic nitrogens is 1. The molecule has 0 fully saturated rings. The highest BCUT2D eigenvalue weighted by Gasteiger charge is 2.13. The first-order valence-corrected chi connectivity index (χ1v) is 16.2. The van der Waals surface area contributed by atoms with Crippen molar-refractivity contribution >= 4 is 22.0 Å². The van der Waals surface area contributed by atoms with Crippen LogP contribution in [0.25, 0.3) is 12.2 Å². The lowest BCUT2D eigenvalue weighted by atomic mass is 10.0. The zero-order valence-electron chi connectivity index (χ0n) is 23.0. The third-order valence-electron chi connectivity index (χ3n) is 6.87. The van der Waals surface area contributed by atoms with Crippen molar-refractivity contribution in [3.8, 4) is 0 Å². The molecule has 0 atom stereocenters. The van der Waals surface area contributed by atoms with Gasteiger partial charge in [-0.15, -0.1) is 0 Å². The highest BCUT2D eigenvalue weighted by atomic mass is 32.2. The van der Waals surface area contributed by atoms with Crippen LogP contribution in [0.2, 0.25) is 0 Å². The van der Waals surface area contributed by atoms with Gasteiger partial charge in [0.2, 0.25) is 0 Å². The maximum atomic E-state index is 12.7. The number of aryl methyl sites for hydroxylation is 1. The van der Waals surface area contributed by atoms with Gasteiger partial charge in [0.15, 0.2) is 22.2 Å². The first kappa shape index (κ1) is 30.3. The number of sulfone groups is 1. The van der Waals surface area contributed by atoms with Crippen molar-refractivity contribution in [3.05, 3.63) is 59.9 Å². The standard InChI is InChI=1S/C32H50NO2S/c1-3-5-6-7-8-9-10-11-12-13-14-15-16-17-29-36(34,35)32-22-20-30(21-23-32)18-19-31-24-27-33(26-4-2)28-25-31/h18-25,27-28H,3-17,26,29H2,1-2H3/q+1/b19-18+. The summed E-state index contributed by atoms with van der Waals surface area (Å²) in [6.07, 6.45) is 27.2. The normalized spacial score (nSPS) is 11.9. The zero-order valence-corrected chi connectivity index (χ0v) is 23.8. The van der Waals surface area contributed by atoms with E-state index in [1.54, 1.807) is 12.1 Å². The van der Waals surface area contributed by atoms with E-state index in [9.17, 15) is 8.42 Å². The van der Waals surface area contributed by atoms with Gasteiger partial charge in [-0.05, 0) is 29.7 Å². The molecule has 36 heavy (non-hydrogen) atoms. The van der Waals surface area contributed by atoms with E-state index in [4.69, 9.17) is 0 Å². The molecule has 0 saturated carbocycles. The Hall–Kier alpha value is -1.94. The Labute approximate surface area is 222 Å². The topological polar surface area (TPSA) is 38.0 Å². The molecule has 3 nitrogen and oxygen atoms in total. The van der Waals surface area contributed by atoms with Gasteiger partial charge in [0.25, 0.3) is 0 Å². The SMILES string of the molecule is CCCCCCCCCCCCCCCCS(=O)(=O)c1ccc(/C=C/c2cc[n+](CCC)cc2)cc1. The van der Waals surface area contributed by atoms with Crippen LogP contribution >= 0.6 is 0 Å². The maximum absolute atomic E-state index is 12.7. The molecule has 0 amide bonds. The molecule has 0 bridgehead atoms. The van der Waals surface area contributed by atoms with Crippen molar-refractivity contribution in [1.82, 2.24) is 0 Å². The van der Waals surface area contributed by atoms with Crippen molar-refractivity contribution in [2.75, 3.05) is 5.75 Å². The zero-order chi connectivity index (χ0) is 25.9. The lowest BCUT2D eigenvalue weighted by molar-refractivity contribution is -0.697. The second kappa shape index (κ2) is 18.3. The smallest absolute Gasteiger partial charge is 0.178 e. The molecule has 1 aromatic heterocycles. The Bertz CT molecular complexity index is 947. The number of pyridine rings is 1. The quantitative estimate of drug-likeness (QED) is 0.131. The molecule has 0 saturated heterocycles. The van der Waals surface area contributed by atoms with Gasteiger partial charge in [-0.2, -0.15) is 0 Å². The number of hydrogen-bond acceptors (Lipinski definition) is 2. The minimum absolute atomic E-state index is 0.252. The molecule has 0 aliphatic rings. The lowest BCUT2D eigenvalue weighted by Crippen LogP contribution is -2.31. The van der Waals surface area contributed by atoms with Crippen LogP contribution in [0.5, 0.6) is 0 Å². The summed E-state index contributed by atoms with van der Waals surface area (Å²) in [7, 11) is -3.20. The molecule has 0 aliphatic carbocycles. The number of unbranched alkanes of at least 4 members (excludes halogenated alkanes) is 13. The average molecular weight is 513 g/mol. The van der Waals surface area contributed by atoms with Crippen LogP contribution in [-0.4, -0.2) is 14.2 Å². The summed E-state index contributed by atoms with van der Waals surface area (Å²) in [6.45, 7) is 5.47. The monoisotopic (exact) mass is 512 g/mol. The third kappa shape index (κ3) is 12.9. The molecule has 1 heterocycles. The minimum atomic E-state index is -3.20. The van der Waals surface area contributed by atoms with Gasteiger partial charge < -0.3 is 0 Å². The number of hydrogen-bond donors (Lipinski definition) is 0. The molecule has 0 radical (unpaired) electrons. The van der Waals surface area contributed by atoms with Crippen LogP contribution in [0.15, 0.2) is 53.7 Å². The van der Waals surface area contributed by atoms with Crippen LogP contribution in [0.3, 0.4) is 0 Å². The second-order valence-corrected chi connectivity index (χ2v) is 12.3. The number of nitrogens with zero attached hydrogens (tertiary/aromatic N) is 1. The van der Waals surface area contributed by atoms with E-state index in [-0.39, 0.29) is 5.75 Å². The Morgan fingerprint density at radius 2 is 1.03 bits per heavy atom. The van der Waals surface area contributed by atoms with Crippen LogP contribution in [-0.2, 0) is 16.4 Å². The van der Waals surface area contributed by atoms with Crippen LogP contribution in [0.4, 0.5) is 0 Å². The molecule has 4 heteroatoms. The van der Waals surface area contributed by atoms with E-state index >= 15 is 0 Å². The van der Waals surface area contributed by atoms with Crippen LogP contribution in [0.1, 0.15) is 121 Å². The summed E-state index contributed by atoms with van der Waals surface area (Å²) in [6, 6.07) is 11.5. The maximum Gasteiger partial charge on any atom is 0.178 e. The highest BCUT2D eigenvalue weighted by molar-refractivity contribution is 7.91. The molecule has 200 valence electrons. The number of benzene rings is 1. The molecular weight excluding hydrogens is 462 g/mol. The predicted molar refractivity (Wildman–Crippen MR) is 155 cm³/mol. The minimum Gasteiger partial charge on any atom is -0.224 e. The molecular formula is C32H50NO2S+. The first-order valence-electron chi connectivity index (χ1n) is 14.5. The van der Waals surface area contributed by atoms with Gasteiger partial charge in [-0.1, -0.05) is 122 Å².